The van der Waals surface area contributed by atoms with Crippen molar-refractivity contribution in [1.29, 1.82) is 0 Å². The summed E-state index contributed by atoms with van der Waals surface area (Å²) in [5.74, 6) is 0.208. The SMILES string of the molecule is C=CCOC[C@H](O)CNc1cccc(-n2nc(OCC)nc2-c2cccc(C(F)(F)F)c2)c1. The quantitative estimate of drug-likeness (QED) is 0.326. The first kappa shape index (κ1) is 24.3. The number of hydrogen-bond acceptors (Lipinski definition) is 6. The molecule has 0 aliphatic rings. The van der Waals surface area contributed by atoms with E-state index in [0.29, 0.717) is 24.6 Å². The van der Waals surface area contributed by atoms with Gasteiger partial charge in [-0.15, -0.1) is 11.7 Å². The first-order chi connectivity index (χ1) is 15.8. The lowest BCUT2D eigenvalue weighted by atomic mass is 10.1. The van der Waals surface area contributed by atoms with E-state index in [1.165, 1.54) is 16.8 Å². The van der Waals surface area contributed by atoms with Gasteiger partial charge in [0.15, 0.2) is 5.82 Å². The minimum atomic E-state index is -4.48. The fourth-order valence-electron chi connectivity index (χ4n) is 3.01. The Labute approximate surface area is 189 Å². The van der Waals surface area contributed by atoms with Crippen LogP contribution in [0, 0.1) is 0 Å². The van der Waals surface area contributed by atoms with Crippen molar-refractivity contribution in [1.82, 2.24) is 14.8 Å². The normalized spacial score (nSPS) is 12.4. The second-order valence-corrected chi connectivity index (χ2v) is 7.05. The molecule has 0 aliphatic heterocycles. The Hall–Kier alpha value is -3.37. The van der Waals surface area contributed by atoms with Gasteiger partial charge < -0.3 is 19.9 Å². The van der Waals surface area contributed by atoms with Crippen LogP contribution in [0.25, 0.3) is 17.1 Å². The maximum atomic E-state index is 13.2. The first-order valence-electron chi connectivity index (χ1n) is 10.3. The molecule has 7 nitrogen and oxygen atoms in total. The maximum absolute atomic E-state index is 13.2. The summed E-state index contributed by atoms with van der Waals surface area (Å²) in [7, 11) is 0. The molecule has 0 bridgehead atoms. The van der Waals surface area contributed by atoms with Gasteiger partial charge in [0.1, 0.15) is 0 Å². The van der Waals surface area contributed by atoms with E-state index in [1.807, 2.05) is 0 Å². The number of hydrogen-bond donors (Lipinski definition) is 2. The van der Waals surface area contributed by atoms with E-state index in [9.17, 15) is 18.3 Å². The summed E-state index contributed by atoms with van der Waals surface area (Å²) in [6.45, 7) is 6.35. The van der Waals surface area contributed by atoms with Gasteiger partial charge in [-0.2, -0.15) is 18.2 Å². The Morgan fingerprint density at radius 2 is 2.00 bits per heavy atom. The Kier molecular flexibility index (Phi) is 8.07. The summed E-state index contributed by atoms with van der Waals surface area (Å²) in [5.41, 5.74) is 0.703. The molecule has 176 valence electrons. The van der Waals surface area contributed by atoms with Crippen molar-refractivity contribution in [3.8, 4) is 23.1 Å². The summed E-state index contributed by atoms with van der Waals surface area (Å²) >= 11 is 0. The number of aromatic nitrogens is 3. The zero-order valence-corrected chi connectivity index (χ0v) is 18.0. The largest absolute Gasteiger partial charge is 0.463 e. The molecule has 1 heterocycles. The third-order valence-electron chi connectivity index (χ3n) is 4.49. The average Bonchev–Trinajstić information content (AvgIpc) is 3.22. The van der Waals surface area contributed by atoms with Crippen LogP contribution in [0.1, 0.15) is 12.5 Å². The molecule has 0 unspecified atom stereocenters. The van der Waals surface area contributed by atoms with Crippen molar-refractivity contribution in [3.05, 3.63) is 66.7 Å². The smallest absolute Gasteiger partial charge is 0.416 e. The molecule has 1 atom stereocenters. The van der Waals surface area contributed by atoms with Crippen LogP contribution in [0.15, 0.2) is 61.2 Å². The minimum absolute atomic E-state index is 0.0538. The molecule has 0 radical (unpaired) electrons. The fourth-order valence-corrected chi connectivity index (χ4v) is 3.01. The highest BCUT2D eigenvalue weighted by molar-refractivity contribution is 5.61. The topological polar surface area (TPSA) is 81.4 Å². The van der Waals surface area contributed by atoms with Gasteiger partial charge in [-0.25, -0.2) is 4.68 Å². The number of halogens is 3. The summed E-state index contributed by atoms with van der Waals surface area (Å²) in [5, 5.41) is 17.4. The van der Waals surface area contributed by atoms with E-state index in [2.05, 4.69) is 22.0 Å². The molecule has 3 rings (SSSR count). The molecule has 3 aromatic rings. The first-order valence-corrected chi connectivity index (χ1v) is 10.3. The lowest BCUT2D eigenvalue weighted by Crippen LogP contribution is -2.24. The predicted octanol–water partition coefficient (Wildman–Crippen LogP) is 4.33. The van der Waals surface area contributed by atoms with Crippen LogP contribution in [-0.2, 0) is 10.9 Å². The van der Waals surface area contributed by atoms with E-state index in [1.54, 1.807) is 37.3 Å². The Morgan fingerprint density at radius 1 is 1.21 bits per heavy atom. The molecular weight excluding hydrogens is 437 g/mol. The highest BCUT2D eigenvalue weighted by Crippen LogP contribution is 2.33. The average molecular weight is 462 g/mol. The van der Waals surface area contributed by atoms with Gasteiger partial charge in [-0.3, -0.25) is 0 Å². The molecule has 0 saturated carbocycles. The Morgan fingerprint density at radius 3 is 2.73 bits per heavy atom. The third-order valence-corrected chi connectivity index (χ3v) is 4.49. The van der Waals surface area contributed by atoms with Gasteiger partial charge in [0.05, 0.1) is 37.2 Å². The molecule has 0 amide bonds. The maximum Gasteiger partial charge on any atom is 0.416 e. The molecule has 1 aromatic heterocycles. The minimum Gasteiger partial charge on any atom is -0.463 e. The number of aliphatic hydroxyl groups is 1. The van der Waals surface area contributed by atoms with Gasteiger partial charge >= 0.3 is 12.2 Å². The number of aliphatic hydroxyl groups excluding tert-OH is 1. The predicted molar refractivity (Wildman–Crippen MR) is 118 cm³/mol. The molecule has 0 fully saturated rings. The standard InChI is InChI=1S/C23H25F3N4O3/c1-3-11-32-15-20(31)14-27-18-9-6-10-19(13-18)30-21(28-22(29-30)33-4-2)16-7-5-8-17(12-16)23(24,25)26/h3,5-10,12-13,20,27,31H,1,4,11,14-15H2,2H3/t20-/m1/s1. The van der Waals surface area contributed by atoms with Crippen molar-refractivity contribution in [2.75, 3.05) is 31.7 Å². The van der Waals surface area contributed by atoms with E-state index in [-0.39, 0.29) is 30.5 Å². The van der Waals surface area contributed by atoms with Crippen molar-refractivity contribution in [2.24, 2.45) is 0 Å². The van der Waals surface area contributed by atoms with Crippen LogP contribution in [0.4, 0.5) is 18.9 Å². The van der Waals surface area contributed by atoms with E-state index in [0.717, 1.165) is 12.1 Å². The van der Waals surface area contributed by atoms with Crippen LogP contribution >= 0.6 is 0 Å². The summed E-state index contributed by atoms with van der Waals surface area (Å²) in [6.07, 6.45) is -3.62. The van der Waals surface area contributed by atoms with Gasteiger partial charge in [-0.1, -0.05) is 24.3 Å². The number of nitrogens with zero attached hydrogens (tertiary/aromatic N) is 3. The van der Waals surface area contributed by atoms with Crippen molar-refractivity contribution < 1.29 is 27.8 Å². The third kappa shape index (κ3) is 6.56. The number of benzene rings is 2. The van der Waals surface area contributed by atoms with Crippen molar-refractivity contribution >= 4 is 5.69 Å². The molecule has 0 spiro atoms. The van der Waals surface area contributed by atoms with Crippen LogP contribution in [0.3, 0.4) is 0 Å². The van der Waals surface area contributed by atoms with Gasteiger partial charge in [0.25, 0.3) is 0 Å². The molecular formula is C23H25F3N4O3. The Balaban J connectivity index is 1.89. The van der Waals surface area contributed by atoms with Crippen LogP contribution in [-0.4, -0.2) is 52.3 Å². The van der Waals surface area contributed by atoms with Crippen LogP contribution in [0.2, 0.25) is 0 Å². The number of alkyl halides is 3. The number of ether oxygens (including phenoxy) is 2. The summed E-state index contributed by atoms with van der Waals surface area (Å²) < 4.78 is 51.7. The summed E-state index contributed by atoms with van der Waals surface area (Å²) in [4.78, 5) is 4.29. The molecule has 0 saturated heterocycles. The lowest BCUT2D eigenvalue weighted by Gasteiger charge is -2.14. The molecule has 2 N–H and O–H groups in total. The number of nitrogens with one attached hydrogen (secondary N) is 1. The van der Waals surface area contributed by atoms with Crippen molar-refractivity contribution in [3.63, 3.8) is 0 Å². The van der Waals surface area contributed by atoms with Crippen LogP contribution in [0.5, 0.6) is 6.01 Å². The fraction of sp³-hybridized carbons (Fsp3) is 0.304. The second-order valence-electron chi connectivity index (χ2n) is 7.05. The lowest BCUT2D eigenvalue weighted by molar-refractivity contribution is -0.137. The highest BCUT2D eigenvalue weighted by atomic mass is 19.4. The molecule has 33 heavy (non-hydrogen) atoms. The highest BCUT2D eigenvalue weighted by Gasteiger charge is 2.31. The van der Waals surface area contributed by atoms with Gasteiger partial charge in [0.2, 0.25) is 0 Å². The van der Waals surface area contributed by atoms with Gasteiger partial charge in [0, 0.05) is 17.8 Å². The zero-order valence-electron chi connectivity index (χ0n) is 18.0. The Bertz CT molecular complexity index is 1070. The number of anilines is 1. The summed E-state index contributed by atoms with van der Waals surface area (Å²) in [6, 6.07) is 12.0. The molecule has 10 heteroatoms. The molecule has 2 aromatic carbocycles. The zero-order chi connectivity index (χ0) is 23.8. The number of rotatable bonds is 11. The van der Waals surface area contributed by atoms with Crippen molar-refractivity contribution in [2.45, 2.75) is 19.2 Å². The van der Waals surface area contributed by atoms with Crippen LogP contribution < -0.4 is 10.1 Å². The van der Waals surface area contributed by atoms with E-state index in [4.69, 9.17) is 9.47 Å². The second kappa shape index (κ2) is 11.0. The molecule has 0 aliphatic carbocycles. The monoisotopic (exact) mass is 462 g/mol. The van der Waals surface area contributed by atoms with E-state index < -0.39 is 17.8 Å². The van der Waals surface area contributed by atoms with Gasteiger partial charge in [-0.05, 0) is 37.3 Å². The van der Waals surface area contributed by atoms with E-state index >= 15 is 0 Å².